The lowest BCUT2D eigenvalue weighted by Crippen LogP contribution is -2.41. The van der Waals surface area contributed by atoms with Crippen LogP contribution in [0.2, 0.25) is 0 Å². The summed E-state index contributed by atoms with van der Waals surface area (Å²) in [5.74, 6) is 1.28. The van der Waals surface area contributed by atoms with E-state index in [1.54, 1.807) is 0 Å². The van der Waals surface area contributed by atoms with Crippen LogP contribution < -0.4 is 15.4 Å². The van der Waals surface area contributed by atoms with Crippen molar-refractivity contribution < 1.29 is 14.3 Å². The van der Waals surface area contributed by atoms with E-state index in [9.17, 15) is 4.79 Å². The molecule has 3 rings (SSSR count). The van der Waals surface area contributed by atoms with Crippen molar-refractivity contribution in [1.82, 2.24) is 10.6 Å². The van der Waals surface area contributed by atoms with Crippen molar-refractivity contribution in [2.75, 3.05) is 13.1 Å². The molecule has 2 unspecified atom stereocenters. The molecule has 0 radical (unpaired) electrons. The minimum absolute atomic E-state index is 0.119. The zero-order valence-corrected chi connectivity index (χ0v) is 16.9. The molecule has 1 amide bonds. The van der Waals surface area contributed by atoms with Crippen molar-refractivity contribution in [2.45, 2.75) is 51.4 Å². The Labute approximate surface area is 167 Å². The monoisotopic (exact) mass is 382 g/mol. The van der Waals surface area contributed by atoms with Gasteiger partial charge in [0.25, 0.3) is 0 Å². The van der Waals surface area contributed by atoms with E-state index in [-0.39, 0.29) is 6.10 Å². The van der Waals surface area contributed by atoms with Gasteiger partial charge in [-0.15, -0.1) is 0 Å². The van der Waals surface area contributed by atoms with Gasteiger partial charge < -0.3 is 20.1 Å². The largest absolute Gasteiger partial charge is 0.489 e. The number of carbonyl (C=O) groups is 1. The first-order chi connectivity index (χ1) is 13.4. The quantitative estimate of drug-likeness (QED) is 0.812. The standard InChI is InChI=1S/C23H30N2O3/c1-23(2,3)28-22(26)25-14-17-8-7-11-20(12-17)27-21-13-19(15-24-16-21)18-9-5-4-6-10-18/h4-12,19,21,24H,13-16H2,1-3H3,(H,25,26). The second-order valence-electron chi connectivity index (χ2n) is 8.24. The highest BCUT2D eigenvalue weighted by molar-refractivity contribution is 5.67. The molecule has 1 saturated heterocycles. The number of hydrogen-bond donors (Lipinski definition) is 2. The van der Waals surface area contributed by atoms with Gasteiger partial charge in [0.05, 0.1) is 0 Å². The zero-order valence-electron chi connectivity index (χ0n) is 16.9. The van der Waals surface area contributed by atoms with Gasteiger partial charge >= 0.3 is 6.09 Å². The van der Waals surface area contributed by atoms with Crippen LogP contribution in [0.25, 0.3) is 0 Å². The number of carbonyl (C=O) groups excluding carboxylic acids is 1. The van der Waals surface area contributed by atoms with Crippen LogP contribution in [0.3, 0.4) is 0 Å². The summed E-state index contributed by atoms with van der Waals surface area (Å²) in [6.07, 6.45) is 0.686. The number of hydrogen-bond acceptors (Lipinski definition) is 4. The fourth-order valence-corrected chi connectivity index (χ4v) is 3.38. The van der Waals surface area contributed by atoms with Crippen LogP contribution in [0.4, 0.5) is 4.79 Å². The Morgan fingerprint density at radius 2 is 1.89 bits per heavy atom. The molecular formula is C23H30N2O3. The van der Waals surface area contributed by atoms with Crippen LogP contribution >= 0.6 is 0 Å². The SMILES string of the molecule is CC(C)(C)OC(=O)NCc1cccc(OC2CNCC(c3ccccc3)C2)c1. The summed E-state index contributed by atoms with van der Waals surface area (Å²) >= 11 is 0. The van der Waals surface area contributed by atoms with Gasteiger partial charge in [0, 0.05) is 19.6 Å². The Balaban J connectivity index is 1.54. The Hall–Kier alpha value is -2.53. The van der Waals surface area contributed by atoms with Crippen molar-refractivity contribution in [3.8, 4) is 5.75 Å². The molecule has 1 heterocycles. The summed E-state index contributed by atoms with van der Waals surface area (Å²) in [4.78, 5) is 11.8. The molecule has 0 bridgehead atoms. The van der Waals surface area contributed by atoms with Crippen LogP contribution in [0.5, 0.6) is 5.75 Å². The van der Waals surface area contributed by atoms with E-state index in [2.05, 4.69) is 34.9 Å². The van der Waals surface area contributed by atoms with Gasteiger partial charge in [0.2, 0.25) is 0 Å². The molecule has 1 fully saturated rings. The molecule has 2 aromatic carbocycles. The third-order valence-electron chi connectivity index (χ3n) is 4.62. The Bertz CT molecular complexity index is 771. The molecule has 2 N–H and O–H groups in total. The first-order valence-electron chi connectivity index (χ1n) is 9.87. The first kappa shape index (κ1) is 20.2. The molecule has 150 valence electrons. The molecule has 0 aromatic heterocycles. The van der Waals surface area contributed by atoms with Gasteiger partial charge in [-0.05, 0) is 56.4 Å². The number of alkyl carbamates (subject to hydrolysis) is 1. The summed E-state index contributed by atoms with van der Waals surface area (Å²) in [7, 11) is 0. The summed E-state index contributed by atoms with van der Waals surface area (Å²) in [5, 5.41) is 6.27. The third-order valence-corrected chi connectivity index (χ3v) is 4.62. The van der Waals surface area contributed by atoms with Crippen LogP contribution in [-0.2, 0) is 11.3 Å². The van der Waals surface area contributed by atoms with Crippen molar-refractivity contribution in [3.63, 3.8) is 0 Å². The average molecular weight is 383 g/mol. The number of piperidine rings is 1. The van der Waals surface area contributed by atoms with Crippen molar-refractivity contribution in [1.29, 1.82) is 0 Å². The van der Waals surface area contributed by atoms with Gasteiger partial charge in [-0.1, -0.05) is 42.5 Å². The van der Waals surface area contributed by atoms with Crippen LogP contribution in [-0.4, -0.2) is 30.9 Å². The van der Waals surface area contributed by atoms with E-state index in [0.29, 0.717) is 12.5 Å². The van der Waals surface area contributed by atoms with Crippen LogP contribution in [0.1, 0.15) is 44.2 Å². The van der Waals surface area contributed by atoms with Crippen molar-refractivity contribution >= 4 is 6.09 Å². The second kappa shape index (κ2) is 9.11. The Morgan fingerprint density at radius 3 is 2.64 bits per heavy atom. The van der Waals surface area contributed by atoms with E-state index in [1.165, 1.54) is 5.56 Å². The summed E-state index contributed by atoms with van der Waals surface area (Å²) in [6.45, 7) is 7.76. The van der Waals surface area contributed by atoms with Crippen LogP contribution in [0.15, 0.2) is 54.6 Å². The lowest BCUT2D eigenvalue weighted by Gasteiger charge is -2.30. The average Bonchev–Trinajstić information content (AvgIpc) is 2.66. The minimum Gasteiger partial charge on any atom is -0.489 e. The highest BCUT2D eigenvalue weighted by atomic mass is 16.6. The topological polar surface area (TPSA) is 59.6 Å². The van der Waals surface area contributed by atoms with E-state index in [0.717, 1.165) is 30.8 Å². The molecule has 1 aliphatic rings. The molecule has 5 heteroatoms. The van der Waals surface area contributed by atoms with E-state index in [1.807, 2.05) is 51.1 Å². The Kier molecular flexibility index (Phi) is 6.57. The molecule has 28 heavy (non-hydrogen) atoms. The maximum atomic E-state index is 11.8. The molecular weight excluding hydrogens is 352 g/mol. The van der Waals surface area contributed by atoms with Crippen molar-refractivity contribution in [3.05, 3.63) is 65.7 Å². The summed E-state index contributed by atoms with van der Waals surface area (Å²) in [6, 6.07) is 18.4. The molecule has 0 saturated carbocycles. The number of amides is 1. The Morgan fingerprint density at radius 1 is 1.11 bits per heavy atom. The smallest absolute Gasteiger partial charge is 0.407 e. The predicted molar refractivity (Wildman–Crippen MR) is 111 cm³/mol. The number of ether oxygens (including phenoxy) is 2. The van der Waals surface area contributed by atoms with Gasteiger partial charge in [-0.25, -0.2) is 4.79 Å². The zero-order chi connectivity index (χ0) is 20.0. The minimum atomic E-state index is -0.502. The summed E-state index contributed by atoms with van der Waals surface area (Å²) < 4.78 is 11.5. The third kappa shape index (κ3) is 6.27. The number of rotatable bonds is 5. The first-order valence-corrected chi connectivity index (χ1v) is 9.87. The van der Waals surface area contributed by atoms with Crippen molar-refractivity contribution in [2.24, 2.45) is 0 Å². The number of benzene rings is 2. The predicted octanol–water partition coefficient (Wildman–Crippen LogP) is 4.24. The lowest BCUT2D eigenvalue weighted by atomic mass is 9.90. The fourth-order valence-electron chi connectivity index (χ4n) is 3.38. The lowest BCUT2D eigenvalue weighted by molar-refractivity contribution is 0.0523. The molecule has 5 nitrogen and oxygen atoms in total. The van der Waals surface area contributed by atoms with Crippen LogP contribution in [0, 0.1) is 0 Å². The fraction of sp³-hybridized carbons (Fsp3) is 0.435. The highest BCUT2D eigenvalue weighted by Crippen LogP contribution is 2.26. The van der Waals surface area contributed by atoms with Gasteiger partial charge in [-0.3, -0.25) is 0 Å². The maximum absolute atomic E-state index is 11.8. The second-order valence-corrected chi connectivity index (χ2v) is 8.24. The van der Waals surface area contributed by atoms with Gasteiger partial charge in [0.1, 0.15) is 17.5 Å². The number of nitrogens with one attached hydrogen (secondary N) is 2. The molecule has 0 aliphatic carbocycles. The molecule has 0 spiro atoms. The summed E-state index contributed by atoms with van der Waals surface area (Å²) in [5.41, 5.74) is 1.82. The molecule has 1 aliphatic heterocycles. The van der Waals surface area contributed by atoms with Gasteiger partial charge in [-0.2, -0.15) is 0 Å². The van der Waals surface area contributed by atoms with Gasteiger partial charge in [0.15, 0.2) is 0 Å². The highest BCUT2D eigenvalue weighted by Gasteiger charge is 2.24. The normalized spacial score (nSPS) is 19.7. The maximum Gasteiger partial charge on any atom is 0.407 e. The van der Waals surface area contributed by atoms with E-state index < -0.39 is 11.7 Å². The van der Waals surface area contributed by atoms with E-state index in [4.69, 9.17) is 9.47 Å². The molecule has 2 aromatic rings. The molecule has 2 atom stereocenters. The van der Waals surface area contributed by atoms with E-state index >= 15 is 0 Å².